The summed E-state index contributed by atoms with van der Waals surface area (Å²) in [5, 5.41) is 10.4. The minimum atomic E-state index is 1.15. The quantitative estimate of drug-likeness (QED) is 0.196. The minimum absolute atomic E-state index is 1.15. The Morgan fingerprint density at radius 2 is 0.733 bits per heavy atom. The molecule has 3 nitrogen and oxygen atoms in total. The number of para-hydroxylation sites is 5. The van der Waals surface area contributed by atoms with E-state index in [1.165, 1.54) is 81.7 Å². The van der Waals surface area contributed by atoms with Crippen LogP contribution in [-0.4, -0.2) is 13.5 Å². The molecular formula is C42H25N3. The van der Waals surface area contributed by atoms with Gasteiger partial charge in [-0.2, -0.15) is 0 Å². The highest BCUT2D eigenvalue weighted by molar-refractivity contribution is 6.32. The van der Waals surface area contributed by atoms with Gasteiger partial charge in [-0.1, -0.05) is 97.1 Å². The Kier molecular flexibility index (Phi) is 4.32. The van der Waals surface area contributed by atoms with Gasteiger partial charge in [0.1, 0.15) is 0 Å². The zero-order valence-corrected chi connectivity index (χ0v) is 24.3. The van der Waals surface area contributed by atoms with E-state index in [2.05, 4.69) is 165 Å². The molecule has 0 amide bonds. The fourth-order valence-electron chi connectivity index (χ4n) is 8.23. The fraction of sp³-hybridized carbons (Fsp3) is 0. The first-order chi connectivity index (χ1) is 22.4. The second kappa shape index (κ2) is 8.31. The monoisotopic (exact) mass is 571 g/mol. The fourth-order valence-corrected chi connectivity index (χ4v) is 8.23. The molecule has 0 unspecified atom stereocenters. The molecule has 7 aromatic carbocycles. The molecule has 4 aromatic heterocycles. The van der Waals surface area contributed by atoms with E-state index >= 15 is 0 Å². The summed E-state index contributed by atoms with van der Waals surface area (Å²) in [6.45, 7) is 0. The SMILES string of the molecule is c1cc(-n2c3ccccc3c3ccccc32)cc(-n2c3ccccc3c3c4c5cccc6c7ccccc7n(c4ccc32)c65)c1. The molecule has 4 heterocycles. The number of aromatic nitrogens is 3. The van der Waals surface area contributed by atoms with Crippen LogP contribution in [0.1, 0.15) is 0 Å². The maximum absolute atomic E-state index is 2.48. The summed E-state index contributed by atoms with van der Waals surface area (Å²) in [6.07, 6.45) is 0. The van der Waals surface area contributed by atoms with Crippen LogP contribution in [0.25, 0.3) is 93.1 Å². The third kappa shape index (κ3) is 2.86. The Morgan fingerprint density at radius 3 is 1.42 bits per heavy atom. The van der Waals surface area contributed by atoms with Crippen molar-refractivity contribution in [3.05, 3.63) is 152 Å². The van der Waals surface area contributed by atoms with E-state index < -0.39 is 0 Å². The molecule has 0 fully saturated rings. The number of rotatable bonds is 2. The van der Waals surface area contributed by atoms with Crippen molar-refractivity contribution in [3.8, 4) is 11.4 Å². The van der Waals surface area contributed by atoms with Crippen LogP contribution in [0.3, 0.4) is 0 Å². The van der Waals surface area contributed by atoms with Gasteiger partial charge in [0.25, 0.3) is 0 Å². The van der Waals surface area contributed by atoms with Gasteiger partial charge >= 0.3 is 0 Å². The maximum Gasteiger partial charge on any atom is 0.0620 e. The Hall–Kier alpha value is -6.06. The molecule has 0 spiro atoms. The number of fused-ring (bicyclic) bond motifs is 13. The molecular weight excluding hydrogens is 546 g/mol. The van der Waals surface area contributed by atoms with Gasteiger partial charge in [0.05, 0.1) is 38.6 Å². The van der Waals surface area contributed by atoms with Gasteiger partial charge in [-0.25, -0.2) is 0 Å². The van der Waals surface area contributed by atoms with Crippen molar-refractivity contribution in [2.75, 3.05) is 0 Å². The number of hydrogen-bond donors (Lipinski definition) is 0. The van der Waals surface area contributed by atoms with Crippen molar-refractivity contribution in [1.82, 2.24) is 13.5 Å². The highest BCUT2D eigenvalue weighted by atomic mass is 15.0. The normalized spacial score (nSPS) is 12.4. The summed E-state index contributed by atoms with van der Waals surface area (Å²) in [4.78, 5) is 0. The predicted octanol–water partition coefficient (Wildman–Crippen LogP) is 11.0. The Labute approximate surface area is 257 Å². The van der Waals surface area contributed by atoms with Gasteiger partial charge in [0.15, 0.2) is 0 Å². The van der Waals surface area contributed by atoms with E-state index in [0.29, 0.717) is 0 Å². The highest BCUT2D eigenvalue weighted by Crippen LogP contribution is 2.45. The van der Waals surface area contributed by atoms with E-state index in [4.69, 9.17) is 0 Å². The average Bonchev–Trinajstić information content (AvgIpc) is 3.82. The molecule has 0 aliphatic heterocycles. The lowest BCUT2D eigenvalue weighted by Gasteiger charge is -2.13. The van der Waals surface area contributed by atoms with Crippen LogP contribution in [-0.2, 0) is 0 Å². The summed E-state index contributed by atoms with van der Waals surface area (Å²) >= 11 is 0. The van der Waals surface area contributed by atoms with Gasteiger partial charge in [0, 0.05) is 54.5 Å². The van der Waals surface area contributed by atoms with Crippen LogP contribution in [0, 0.1) is 0 Å². The van der Waals surface area contributed by atoms with Crippen LogP contribution < -0.4 is 0 Å². The zero-order chi connectivity index (χ0) is 29.2. The summed E-state index contributed by atoms with van der Waals surface area (Å²) in [5.74, 6) is 0. The van der Waals surface area contributed by atoms with Gasteiger partial charge in [-0.15, -0.1) is 0 Å². The Bertz CT molecular complexity index is 2930. The molecule has 0 N–H and O–H groups in total. The predicted molar refractivity (Wildman–Crippen MR) is 190 cm³/mol. The highest BCUT2D eigenvalue weighted by Gasteiger charge is 2.22. The molecule has 0 saturated carbocycles. The average molecular weight is 572 g/mol. The van der Waals surface area contributed by atoms with Gasteiger partial charge in [0.2, 0.25) is 0 Å². The van der Waals surface area contributed by atoms with Crippen molar-refractivity contribution < 1.29 is 0 Å². The molecule has 208 valence electrons. The van der Waals surface area contributed by atoms with E-state index in [-0.39, 0.29) is 0 Å². The molecule has 0 aliphatic rings. The van der Waals surface area contributed by atoms with Gasteiger partial charge in [-0.3, -0.25) is 0 Å². The molecule has 11 rings (SSSR count). The van der Waals surface area contributed by atoms with Crippen molar-refractivity contribution in [2.45, 2.75) is 0 Å². The lowest BCUT2D eigenvalue weighted by molar-refractivity contribution is 1.13. The summed E-state index contributed by atoms with van der Waals surface area (Å²) < 4.78 is 7.33. The first-order valence-corrected chi connectivity index (χ1v) is 15.5. The molecule has 11 aromatic rings. The lowest BCUT2D eigenvalue weighted by atomic mass is 10.0. The third-order valence-corrected chi connectivity index (χ3v) is 9.95. The summed E-state index contributed by atoms with van der Waals surface area (Å²) in [5.41, 5.74) is 11.0. The second-order valence-electron chi connectivity index (χ2n) is 12.2. The molecule has 0 atom stereocenters. The molecule has 0 radical (unpaired) electrons. The molecule has 0 saturated heterocycles. The van der Waals surface area contributed by atoms with Crippen molar-refractivity contribution in [1.29, 1.82) is 0 Å². The first kappa shape index (κ1) is 23.4. The van der Waals surface area contributed by atoms with Crippen LogP contribution in [0.5, 0.6) is 0 Å². The smallest absolute Gasteiger partial charge is 0.0620 e. The van der Waals surface area contributed by atoms with Crippen LogP contribution in [0.15, 0.2) is 152 Å². The largest absolute Gasteiger partial charge is 0.309 e. The Morgan fingerprint density at radius 1 is 0.289 bits per heavy atom. The molecule has 3 heteroatoms. The van der Waals surface area contributed by atoms with E-state index in [1.807, 2.05) is 0 Å². The number of benzene rings is 7. The van der Waals surface area contributed by atoms with Crippen LogP contribution in [0.2, 0.25) is 0 Å². The summed E-state index contributed by atoms with van der Waals surface area (Å²) in [7, 11) is 0. The van der Waals surface area contributed by atoms with Crippen molar-refractivity contribution >= 4 is 81.7 Å². The van der Waals surface area contributed by atoms with E-state index in [9.17, 15) is 0 Å². The second-order valence-corrected chi connectivity index (χ2v) is 12.2. The zero-order valence-electron chi connectivity index (χ0n) is 24.3. The number of hydrogen-bond acceptors (Lipinski definition) is 0. The first-order valence-electron chi connectivity index (χ1n) is 15.5. The Balaban J connectivity index is 1.26. The third-order valence-electron chi connectivity index (χ3n) is 9.95. The van der Waals surface area contributed by atoms with Crippen molar-refractivity contribution in [2.24, 2.45) is 0 Å². The standard InChI is InChI=1S/C42H25N3/c1-5-19-34-28(13-1)29-14-2-6-20-35(29)43(34)26-11-9-12-27(25-26)44-37-22-8-4-16-32(37)40-38(44)23-24-39-41(40)33-18-10-17-31-30-15-3-7-21-36(30)45(39)42(31)33/h1-25H. The van der Waals surface area contributed by atoms with Gasteiger partial charge < -0.3 is 13.5 Å². The van der Waals surface area contributed by atoms with E-state index in [0.717, 1.165) is 11.4 Å². The summed E-state index contributed by atoms with van der Waals surface area (Å²) in [6, 6.07) is 55.6. The minimum Gasteiger partial charge on any atom is -0.309 e. The molecule has 0 bridgehead atoms. The van der Waals surface area contributed by atoms with Crippen molar-refractivity contribution in [3.63, 3.8) is 0 Å². The maximum atomic E-state index is 2.48. The topological polar surface area (TPSA) is 14.3 Å². The molecule has 0 aliphatic carbocycles. The lowest BCUT2D eigenvalue weighted by Crippen LogP contribution is -1.98. The van der Waals surface area contributed by atoms with Crippen LogP contribution >= 0.6 is 0 Å². The molecule has 45 heavy (non-hydrogen) atoms. The van der Waals surface area contributed by atoms with Gasteiger partial charge in [-0.05, 0) is 54.6 Å². The number of nitrogens with zero attached hydrogens (tertiary/aromatic N) is 3. The van der Waals surface area contributed by atoms with E-state index in [1.54, 1.807) is 0 Å². The van der Waals surface area contributed by atoms with Crippen LogP contribution in [0.4, 0.5) is 0 Å².